The highest BCUT2D eigenvalue weighted by Gasteiger charge is 1.98. The molecular formula is C9H8ClNO. The van der Waals surface area contributed by atoms with Gasteiger partial charge in [0.15, 0.2) is 0 Å². The SMILES string of the molecule is OCn1ccc2cc(Cl)ccc21. The Bertz CT molecular complexity index is 408. The first kappa shape index (κ1) is 7.65. The first-order valence-corrected chi connectivity index (χ1v) is 4.04. The van der Waals surface area contributed by atoms with Crippen LogP contribution in [-0.2, 0) is 6.73 Å². The third-order valence-electron chi connectivity index (χ3n) is 1.89. The fraction of sp³-hybridized carbons (Fsp3) is 0.111. The molecule has 1 N–H and O–H groups in total. The summed E-state index contributed by atoms with van der Waals surface area (Å²) in [6.45, 7) is 0.00509. The molecule has 1 aromatic heterocycles. The summed E-state index contributed by atoms with van der Waals surface area (Å²) in [5.41, 5.74) is 1.00. The van der Waals surface area contributed by atoms with E-state index in [1.54, 1.807) is 4.57 Å². The van der Waals surface area contributed by atoms with Crippen LogP contribution >= 0.6 is 11.6 Å². The molecule has 2 nitrogen and oxygen atoms in total. The van der Waals surface area contributed by atoms with Gasteiger partial charge in [-0.25, -0.2) is 0 Å². The van der Waals surface area contributed by atoms with Crippen molar-refractivity contribution in [2.24, 2.45) is 0 Å². The molecule has 2 aromatic rings. The number of aliphatic hydroxyl groups excluding tert-OH is 1. The molecule has 12 heavy (non-hydrogen) atoms. The molecule has 0 aliphatic rings. The molecule has 0 bridgehead atoms. The van der Waals surface area contributed by atoms with Crippen molar-refractivity contribution < 1.29 is 5.11 Å². The van der Waals surface area contributed by atoms with Crippen molar-refractivity contribution in [3.8, 4) is 0 Å². The summed E-state index contributed by atoms with van der Waals surface area (Å²) >= 11 is 5.80. The monoisotopic (exact) mass is 181 g/mol. The number of hydrogen-bond acceptors (Lipinski definition) is 1. The van der Waals surface area contributed by atoms with Crippen LogP contribution in [0.15, 0.2) is 30.5 Å². The zero-order valence-corrected chi connectivity index (χ0v) is 7.12. The number of benzene rings is 1. The van der Waals surface area contributed by atoms with E-state index in [9.17, 15) is 0 Å². The lowest BCUT2D eigenvalue weighted by atomic mass is 10.2. The number of rotatable bonds is 1. The van der Waals surface area contributed by atoms with Crippen LogP contribution in [0, 0.1) is 0 Å². The van der Waals surface area contributed by atoms with Crippen molar-refractivity contribution >= 4 is 22.5 Å². The average molecular weight is 182 g/mol. The predicted molar refractivity (Wildman–Crippen MR) is 49.2 cm³/mol. The Labute approximate surface area is 75.0 Å². The van der Waals surface area contributed by atoms with Gasteiger partial charge in [-0.15, -0.1) is 0 Å². The minimum atomic E-state index is 0.00509. The Morgan fingerprint density at radius 1 is 1.33 bits per heavy atom. The maximum atomic E-state index is 8.92. The molecule has 0 radical (unpaired) electrons. The maximum absolute atomic E-state index is 8.92. The first-order valence-electron chi connectivity index (χ1n) is 3.66. The summed E-state index contributed by atoms with van der Waals surface area (Å²) in [5, 5.41) is 10.7. The number of halogens is 1. The summed E-state index contributed by atoms with van der Waals surface area (Å²) < 4.78 is 1.76. The van der Waals surface area contributed by atoms with E-state index in [0.29, 0.717) is 0 Å². The van der Waals surface area contributed by atoms with Gasteiger partial charge in [0, 0.05) is 16.6 Å². The maximum Gasteiger partial charge on any atom is 0.119 e. The molecule has 1 heterocycles. The van der Waals surface area contributed by atoms with Gasteiger partial charge in [0.25, 0.3) is 0 Å². The number of aliphatic hydroxyl groups is 1. The van der Waals surface area contributed by atoms with E-state index in [1.165, 1.54) is 0 Å². The van der Waals surface area contributed by atoms with E-state index in [1.807, 2.05) is 30.5 Å². The van der Waals surface area contributed by atoms with Gasteiger partial charge < -0.3 is 9.67 Å². The van der Waals surface area contributed by atoms with Gasteiger partial charge in [-0.1, -0.05) is 11.6 Å². The van der Waals surface area contributed by atoms with Crippen LogP contribution in [0.4, 0.5) is 0 Å². The van der Waals surface area contributed by atoms with Gasteiger partial charge in [-0.3, -0.25) is 0 Å². The summed E-state index contributed by atoms with van der Waals surface area (Å²) in [5.74, 6) is 0. The van der Waals surface area contributed by atoms with Gasteiger partial charge >= 0.3 is 0 Å². The van der Waals surface area contributed by atoms with Crippen LogP contribution in [-0.4, -0.2) is 9.67 Å². The van der Waals surface area contributed by atoms with E-state index >= 15 is 0 Å². The Morgan fingerprint density at radius 2 is 2.17 bits per heavy atom. The lowest BCUT2D eigenvalue weighted by molar-refractivity contribution is 0.215. The van der Waals surface area contributed by atoms with Gasteiger partial charge in [0.05, 0.1) is 5.52 Å². The van der Waals surface area contributed by atoms with E-state index in [0.717, 1.165) is 15.9 Å². The van der Waals surface area contributed by atoms with Crippen molar-refractivity contribution in [3.05, 3.63) is 35.5 Å². The number of hydrogen-bond donors (Lipinski definition) is 1. The van der Waals surface area contributed by atoms with Crippen molar-refractivity contribution in [1.82, 2.24) is 4.57 Å². The molecule has 0 aliphatic heterocycles. The van der Waals surface area contributed by atoms with Crippen LogP contribution in [0.5, 0.6) is 0 Å². The largest absolute Gasteiger partial charge is 0.376 e. The number of aromatic nitrogens is 1. The molecule has 0 spiro atoms. The second-order valence-electron chi connectivity index (χ2n) is 2.63. The Kier molecular flexibility index (Phi) is 1.79. The standard InChI is InChI=1S/C9H8ClNO/c10-8-1-2-9-7(5-8)3-4-11(9)6-12/h1-5,12H,6H2. The molecule has 62 valence electrons. The topological polar surface area (TPSA) is 25.2 Å². The molecule has 0 amide bonds. The first-order chi connectivity index (χ1) is 5.81. The third-order valence-corrected chi connectivity index (χ3v) is 2.12. The fourth-order valence-electron chi connectivity index (χ4n) is 1.29. The quantitative estimate of drug-likeness (QED) is 0.717. The van der Waals surface area contributed by atoms with Crippen LogP contribution in [0.3, 0.4) is 0 Å². The van der Waals surface area contributed by atoms with E-state index < -0.39 is 0 Å². The molecule has 3 heteroatoms. The van der Waals surface area contributed by atoms with Crippen LogP contribution in [0.25, 0.3) is 10.9 Å². The minimum Gasteiger partial charge on any atom is -0.376 e. The van der Waals surface area contributed by atoms with Crippen molar-refractivity contribution in [2.75, 3.05) is 0 Å². The number of nitrogens with zero attached hydrogens (tertiary/aromatic N) is 1. The summed E-state index contributed by atoms with van der Waals surface area (Å²) in [7, 11) is 0. The molecular weight excluding hydrogens is 174 g/mol. The van der Waals surface area contributed by atoms with Crippen LogP contribution < -0.4 is 0 Å². The summed E-state index contributed by atoms with van der Waals surface area (Å²) in [4.78, 5) is 0. The zero-order chi connectivity index (χ0) is 8.55. The summed E-state index contributed by atoms with van der Waals surface area (Å²) in [6, 6.07) is 7.52. The highest BCUT2D eigenvalue weighted by molar-refractivity contribution is 6.31. The van der Waals surface area contributed by atoms with Gasteiger partial charge in [-0.2, -0.15) is 0 Å². The minimum absolute atomic E-state index is 0.00509. The van der Waals surface area contributed by atoms with Crippen molar-refractivity contribution in [1.29, 1.82) is 0 Å². The molecule has 2 rings (SSSR count). The Hall–Kier alpha value is -0.990. The fourth-order valence-corrected chi connectivity index (χ4v) is 1.47. The average Bonchev–Trinajstić information content (AvgIpc) is 2.46. The molecule has 1 aromatic carbocycles. The second-order valence-corrected chi connectivity index (χ2v) is 3.07. The third kappa shape index (κ3) is 1.09. The summed E-state index contributed by atoms with van der Waals surface area (Å²) in [6.07, 6.45) is 1.83. The molecule has 0 fully saturated rings. The predicted octanol–water partition coefficient (Wildman–Crippen LogP) is 2.24. The Morgan fingerprint density at radius 3 is 2.92 bits per heavy atom. The molecule has 0 saturated carbocycles. The highest BCUT2D eigenvalue weighted by Crippen LogP contribution is 2.19. The normalized spacial score (nSPS) is 10.8. The van der Waals surface area contributed by atoms with E-state index in [-0.39, 0.29) is 6.73 Å². The van der Waals surface area contributed by atoms with Crippen molar-refractivity contribution in [2.45, 2.75) is 6.73 Å². The lowest BCUT2D eigenvalue weighted by Crippen LogP contribution is -1.92. The molecule has 0 saturated heterocycles. The Balaban J connectivity index is 2.73. The smallest absolute Gasteiger partial charge is 0.119 e. The van der Waals surface area contributed by atoms with E-state index in [4.69, 9.17) is 16.7 Å². The van der Waals surface area contributed by atoms with Crippen LogP contribution in [0.1, 0.15) is 0 Å². The van der Waals surface area contributed by atoms with Gasteiger partial charge in [-0.05, 0) is 24.3 Å². The molecule has 0 unspecified atom stereocenters. The van der Waals surface area contributed by atoms with E-state index in [2.05, 4.69) is 0 Å². The zero-order valence-electron chi connectivity index (χ0n) is 6.37. The van der Waals surface area contributed by atoms with Gasteiger partial charge in [0.2, 0.25) is 0 Å². The highest BCUT2D eigenvalue weighted by atomic mass is 35.5. The number of fused-ring (bicyclic) bond motifs is 1. The lowest BCUT2D eigenvalue weighted by Gasteiger charge is -1.98. The van der Waals surface area contributed by atoms with Crippen LogP contribution in [0.2, 0.25) is 5.02 Å². The van der Waals surface area contributed by atoms with Crippen molar-refractivity contribution in [3.63, 3.8) is 0 Å². The molecule has 0 atom stereocenters. The van der Waals surface area contributed by atoms with Gasteiger partial charge in [0.1, 0.15) is 6.73 Å². The second kappa shape index (κ2) is 2.81. The molecule has 0 aliphatic carbocycles.